The van der Waals surface area contributed by atoms with Gasteiger partial charge in [0.05, 0.1) is 30.7 Å². The number of nitrogen functional groups attached to an aromatic ring is 1. The number of aliphatic hydroxyl groups is 2. The Morgan fingerprint density at radius 3 is 3.00 bits per heavy atom. The minimum absolute atomic E-state index is 0.00854. The third kappa shape index (κ3) is 2.36. The van der Waals surface area contributed by atoms with Crippen molar-refractivity contribution in [3.05, 3.63) is 28.6 Å². The molecule has 5 N–H and O–H groups in total. The number of aromatic nitrogens is 3. The Hall–Kier alpha value is -2.62. The monoisotopic (exact) mass is 346 g/mol. The zero-order chi connectivity index (χ0) is 17.7. The Kier molecular flexibility index (Phi) is 3.64. The fraction of sp³-hybridized carbons (Fsp3) is 0.375. The number of nitrogens with zero attached hydrogens (tertiary/aromatic N) is 2. The summed E-state index contributed by atoms with van der Waals surface area (Å²) < 4.78 is 12.7. The molecule has 2 aromatic heterocycles. The van der Waals surface area contributed by atoms with Crippen LogP contribution in [-0.4, -0.2) is 50.7 Å². The van der Waals surface area contributed by atoms with Crippen molar-refractivity contribution in [1.82, 2.24) is 14.5 Å². The number of nitrogens with one attached hydrogen (secondary N) is 1. The second-order valence-electron chi connectivity index (χ2n) is 6.02. The van der Waals surface area contributed by atoms with Crippen molar-refractivity contribution in [2.45, 2.75) is 24.9 Å². The van der Waals surface area contributed by atoms with Gasteiger partial charge in [0.25, 0.3) is 5.56 Å². The molecular weight excluding hydrogens is 328 g/mol. The van der Waals surface area contributed by atoms with E-state index in [1.165, 1.54) is 0 Å². The molecule has 3 atom stereocenters. The molecule has 3 aromatic rings. The van der Waals surface area contributed by atoms with Crippen molar-refractivity contribution in [3.63, 3.8) is 0 Å². The molecular formula is C16H18N4O5. The molecule has 1 aliphatic heterocycles. The molecule has 4 rings (SSSR count). The summed E-state index contributed by atoms with van der Waals surface area (Å²) in [6, 6.07) is 5.31. The number of hydrogen-bond donors (Lipinski definition) is 4. The highest BCUT2D eigenvalue weighted by atomic mass is 16.5. The predicted octanol–water partition coefficient (Wildman–Crippen LogP) is 0.109. The van der Waals surface area contributed by atoms with Crippen LogP contribution in [0.4, 0.5) is 5.95 Å². The van der Waals surface area contributed by atoms with Gasteiger partial charge in [-0.1, -0.05) is 0 Å². The molecule has 25 heavy (non-hydrogen) atoms. The van der Waals surface area contributed by atoms with E-state index in [0.717, 1.165) is 0 Å². The van der Waals surface area contributed by atoms with Crippen LogP contribution in [0.5, 0.6) is 5.75 Å². The van der Waals surface area contributed by atoms with Crippen LogP contribution in [0.2, 0.25) is 0 Å². The highest BCUT2D eigenvalue weighted by Crippen LogP contribution is 2.37. The van der Waals surface area contributed by atoms with Gasteiger partial charge in [-0.3, -0.25) is 14.3 Å². The van der Waals surface area contributed by atoms with E-state index in [1.54, 1.807) is 29.9 Å². The molecule has 132 valence electrons. The van der Waals surface area contributed by atoms with Crippen LogP contribution in [0.25, 0.3) is 21.9 Å². The molecule has 3 heterocycles. The fourth-order valence-corrected chi connectivity index (χ4v) is 3.39. The summed E-state index contributed by atoms with van der Waals surface area (Å²) in [6.45, 7) is -0.293. The second-order valence-corrected chi connectivity index (χ2v) is 6.02. The van der Waals surface area contributed by atoms with Gasteiger partial charge in [-0.05, 0) is 18.2 Å². The zero-order valence-electron chi connectivity index (χ0n) is 13.5. The van der Waals surface area contributed by atoms with E-state index in [9.17, 15) is 15.0 Å². The minimum atomic E-state index is -0.805. The molecule has 9 heteroatoms. The van der Waals surface area contributed by atoms with Crippen LogP contribution in [0.1, 0.15) is 12.6 Å². The zero-order valence-corrected chi connectivity index (χ0v) is 13.5. The lowest BCUT2D eigenvalue weighted by Gasteiger charge is -2.16. The molecule has 9 nitrogen and oxygen atoms in total. The highest BCUT2D eigenvalue weighted by molar-refractivity contribution is 6.07. The Balaban J connectivity index is 2.03. The van der Waals surface area contributed by atoms with Gasteiger partial charge in [0.1, 0.15) is 18.1 Å². The standard InChI is InChI=1S/C16H18N4O5/c1-24-7-2-3-9-8(4-7)13-14(18-16(17)19-15(13)23)20(9)12-5-10(22)11(6-21)25-12/h2-4,10-12,21-22H,5-6H2,1H3,(H3,17,18,19,23)/t10-,11+,12+/m0/s1. The first-order chi connectivity index (χ1) is 12.0. The summed E-state index contributed by atoms with van der Waals surface area (Å²) >= 11 is 0. The van der Waals surface area contributed by atoms with Crippen molar-refractivity contribution < 1.29 is 19.7 Å². The minimum Gasteiger partial charge on any atom is -0.497 e. The molecule has 0 bridgehead atoms. The summed E-state index contributed by atoms with van der Waals surface area (Å²) in [4.78, 5) is 19.2. The SMILES string of the molecule is COc1ccc2c(c1)c1c(=O)[nH]c(N)nc1n2[C@H]1C[C@H](O)[C@@H](CO)O1. The maximum Gasteiger partial charge on any atom is 0.262 e. The number of aliphatic hydroxyl groups excluding tert-OH is 2. The smallest absolute Gasteiger partial charge is 0.262 e. The van der Waals surface area contributed by atoms with Crippen molar-refractivity contribution in [3.8, 4) is 5.75 Å². The van der Waals surface area contributed by atoms with Crippen LogP contribution >= 0.6 is 0 Å². The second kappa shape index (κ2) is 5.73. The molecule has 1 aliphatic rings. The van der Waals surface area contributed by atoms with Crippen LogP contribution < -0.4 is 16.0 Å². The molecule has 1 aromatic carbocycles. The van der Waals surface area contributed by atoms with Crippen LogP contribution in [-0.2, 0) is 4.74 Å². The van der Waals surface area contributed by atoms with E-state index in [0.29, 0.717) is 27.7 Å². The normalized spacial score (nSPS) is 23.6. The Morgan fingerprint density at radius 2 is 2.32 bits per heavy atom. The topological polar surface area (TPSA) is 136 Å². The number of benzene rings is 1. The van der Waals surface area contributed by atoms with E-state index in [2.05, 4.69) is 9.97 Å². The number of anilines is 1. The quantitative estimate of drug-likeness (QED) is 0.528. The molecule has 1 fully saturated rings. The largest absolute Gasteiger partial charge is 0.497 e. The molecule has 0 unspecified atom stereocenters. The summed E-state index contributed by atoms with van der Waals surface area (Å²) in [5.74, 6) is 0.592. The fourth-order valence-electron chi connectivity index (χ4n) is 3.39. The van der Waals surface area contributed by atoms with Gasteiger partial charge in [-0.2, -0.15) is 4.98 Å². The van der Waals surface area contributed by atoms with E-state index in [1.807, 2.05) is 0 Å². The molecule has 0 saturated carbocycles. The predicted molar refractivity (Wildman–Crippen MR) is 90.4 cm³/mol. The number of methoxy groups -OCH3 is 1. The first-order valence-corrected chi connectivity index (χ1v) is 7.85. The first kappa shape index (κ1) is 15.9. The lowest BCUT2D eigenvalue weighted by molar-refractivity contribution is -0.0417. The summed E-state index contributed by atoms with van der Waals surface area (Å²) in [5.41, 5.74) is 6.42. The summed E-state index contributed by atoms with van der Waals surface area (Å²) in [7, 11) is 1.54. The van der Waals surface area contributed by atoms with Gasteiger partial charge in [0.2, 0.25) is 5.95 Å². The Morgan fingerprint density at radius 1 is 1.52 bits per heavy atom. The van der Waals surface area contributed by atoms with Crippen molar-refractivity contribution in [2.24, 2.45) is 0 Å². The molecule has 0 amide bonds. The maximum absolute atomic E-state index is 12.5. The van der Waals surface area contributed by atoms with Crippen molar-refractivity contribution >= 4 is 27.9 Å². The molecule has 0 spiro atoms. The molecule has 0 aliphatic carbocycles. The third-order valence-corrected chi connectivity index (χ3v) is 4.55. The van der Waals surface area contributed by atoms with Crippen LogP contribution in [0.3, 0.4) is 0 Å². The van der Waals surface area contributed by atoms with E-state index in [-0.39, 0.29) is 24.5 Å². The van der Waals surface area contributed by atoms with Gasteiger partial charge >= 0.3 is 0 Å². The average molecular weight is 346 g/mol. The summed E-state index contributed by atoms with van der Waals surface area (Å²) in [5, 5.41) is 20.4. The lowest BCUT2D eigenvalue weighted by atomic mass is 10.2. The van der Waals surface area contributed by atoms with Crippen molar-refractivity contribution in [1.29, 1.82) is 0 Å². The lowest BCUT2D eigenvalue weighted by Crippen LogP contribution is -2.24. The number of ether oxygens (including phenoxy) is 2. The number of hydrogen-bond acceptors (Lipinski definition) is 7. The number of nitrogens with two attached hydrogens (primary N) is 1. The first-order valence-electron chi connectivity index (χ1n) is 7.85. The third-order valence-electron chi connectivity index (χ3n) is 4.55. The van der Waals surface area contributed by atoms with Gasteiger partial charge in [0.15, 0.2) is 5.65 Å². The van der Waals surface area contributed by atoms with Crippen LogP contribution in [0, 0.1) is 0 Å². The van der Waals surface area contributed by atoms with Crippen molar-refractivity contribution in [2.75, 3.05) is 19.5 Å². The van der Waals surface area contributed by atoms with Gasteiger partial charge in [0, 0.05) is 11.8 Å². The number of rotatable bonds is 3. The molecule has 1 saturated heterocycles. The molecule has 0 radical (unpaired) electrons. The van der Waals surface area contributed by atoms with E-state index >= 15 is 0 Å². The summed E-state index contributed by atoms with van der Waals surface area (Å²) in [6.07, 6.45) is -1.80. The maximum atomic E-state index is 12.5. The van der Waals surface area contributed by atoms with Gasteiger partial charge in [-0.15, -0.1) is 0 Å². The Bertz CT molecular complexity index is 1010. The number of aromatic amines is 1. The van der Waals surface area contributed by atoms with E-state index < -0.39 is 18.4 Å². The van der Waals surface area contributed by atoms with Crippen LogP contribution in [0.15, 0.2) is 23.0 Å². The number of fused-ring (bicyclic) bond motifs is 3. The van der Waals surface area contributed by atoms with Gasteiger partial charge < -0.3 is 25.4 Å². The highest BCUT2D eigenvalue weighted by Gasteiger charge is 2.36. The average Bonchev–Trinajstić information content (AvgIpc) is 3.10. The Labute approximate surface area is 141 Å². The van der Waals surface area contributed by atoms with Gasteiger partial charge in [-0.25, -0.2) is 0 Å². The number of H-pyrrole nitrogens is 1. The van der Waals surface area contributed by atoms with E-state index in [4.69, 9.17) is 15.2 Å².